The molecule has 6 heteroatoms. The molecule has 2 N–H and O–H groups in total. The van der Waals surface area contributed by atoms with Gasteiger partial charge in [-0.25, -0.2) is 4.98 Å². The van der Waals surface area contributed by atoms with Crippen molar-refractivity contribution in [3.05, 3.63) is 48.5 Å². The first kappa shape index (κ1) is 15.2. The van der Waals surface area contributed by atoms with Gasteiger partial charge in [0.25, 0.3) is 0 Å². The molecule has 1 unspecified atom stereocenters. The van der Waals surface area contributed by atoms with E-state index in [1.165, 1.54) is 6.33 Å². The molecule has 1 heterocycles. The van der Waals surface area contributed by atoms with Crippen molar-refractivity contribution in [1.82, 2.24) is 20.1 Å². The van der Waals surface area contributed by atoms with E-state index in [0.717, 1.165) is 5.56 Å². The standard InChI is InChI=1S/C15H20N4O2/c20-10-8-14(13-5-2-1-3-6-13)18-15(21)7-4-9-19-12-16-11-17-19/h1-3,5-6,11-12,14,20H,4,7-10H2,(H,18,21). The third kappa shape index (κ3) is 5.00. The Balaban J connectivity index is 1.81. The highest BCUT2D eigenvalue weighted by Gasteiger charge is 2.13. The molecule has 1 aromatic heterocycles. The number of benzene rings is 1. The van der Waals surface area contributed by atoms with Gasteiger partial charge in [-0.2, -0.15) is 5.10 Å². The number of carbonyl (C=O) groups is 1. The molecule has 1 atom stereocenters. The summed E-state index contributed by atoms with van der Waals surface area (Å²) in [6, 6.07) is 9.55. The van der Waals surface area contributed by atoms with Gasteiger partial charge in [-0.3, -0.25) is 9.48 Å². The summed E-state index contributed by atoms with van der Waals surface area (Å²) in [6.45, 7) is 0.711. The topological polar surface area (TPSA) is 80.0 Å². The van der Waals surface area contributed by atoms with Gasteiger partial charge < -0.3 is 10.4 Å². The molecular formula is C15H20N4O2. The smallest absolute Gasteiger partial charge is 0.220 e. The van der Waals surface area contributed by atoms with Gasteiger partial charge in [-0.05, 0) is 18.4 Å². The van der Waals surface area contributed by atoms with Crippen LogP contribution in [0.3, 0.4) is 0 Å². The van der Waals surface area contributed by atoms with Crippen molar-refractivity contribution in [1.29, 1.82) is 0 Å². The van der Waals surface area contributed by atoms with Gasteiger partial charge in [-0.1, -0.05) is 30.3 Å². The lowest BCUT2D eigenvalue weighted by atomic mass is 10.0. The second-order valence-electron chi connectivity index (χ2n) is 4.81. The summed E-state index contributed by atoms with van der Waals surface area (Å²) in [7, 11) is 0. The summed E-state index contributed by atoms with van der Waals surface area (Å²) in [5.41, 5.74) is 1.01. The predicted octanol–water partition coefficient (Wildman–Crippen LogP) is 1.30. The molecule has 0 aliphatic rings. The van der Waals surface area contributed by atoms with Crippen LogP contribution in [0.2, 0.25) is 0 Å². The fourth-order valence-electron chi connectivity index (χ4n) is 2.15. The van der Waals surface area contributed by atoms with E-state index in [1.807, 2.05) is 30.3 Å². The second-order valence-corrected chi connectivity index (χ2v) is 4.81. The van der Waals surface area contributed by atoms with Crippen molar-refractivity contribution in [2.24, 2.45) is 0 Å². The molecule has 0 fully saturated rings. The number of aliphatic hydroxyl groups excluding tert-OH is 1. The van der Waals surface area contributed by atoms with Crippen LogP contribution in [-0.4, -0.2) is 32.4 Å². The summed E-state index contributed by atoms with van der Waals surface area (Å²) in [5.74, 6) is -0.0163. The summed E-state index contributed by atoms with van der Waals surface area (Å²) in [5, 5.41) is 16.1. The number of nitrogens with one attached hydrogen (secondary N) is 1. The van der Waals surface area contributed by atoms with Gasteiger partial charge in [-0.15, -0.1) is 0 Å². The summed E-state index contributed by atoms with van der Waals surface area (Å²) in [6.07, 6.45) is 4.76. The second kappa shape index (κ2) is 8.16. The van der Waals surface area contributed by atoms with Crippen molar-refractivity contribution in [2.75, 3.05) is 6.61 Å². The van der Waals surface area contributed by atoms with Gasteiger partial charge in [0.2, 0.25) is 5.91 Å². The Kier molecular flexibility index (Phi) is 5.90. The van der Waals surface area contributed by atoms with Crippen molar-refractivity contribution < 1.29 is 9.90 Å². The van der Waals surface area contributed by atoms with Crippen molar-refractivity contribution in [2.45, 2.75) is 31.8 Å². The number of aliphatic hydroxyl groups is 1. The van der Waals surface area contributed by atoms with Crippen LogP contribution in [0.25, 0.3) is 0 Å². The molecule has 0 spiro atoms. The Bertz CT molecular complexity index is 528. The number of hydrogen-bond donors (Lipinski definition) is 2. The maximum Gasteiger partial charge on any atom is 0.220 e. The summed E-state index contributed by atoms with van der Waals surface area (Å²) < 4.78 is 1.70. The minimum atomic E-state index is -0.143. The lowest BCUT2D eigenvalue weighted by Crippen LogP contribution is -2.29. The van der Waals surface area contributed by atoms with E-state index < -0.39 is 0 Å². The zero-order valence-electron chi connectivity index (χ0n) is 11.9. The molecule has 6 nitrogen and oxygen atoms in total. The Morgan fingerprint density at radius 2 is 2.14 bits per heavy atom. The largest absolute Gasteiger partial charge is 0.396 e. The normalized spacial score (nSPS) is 12.0. The quantitative estimate of drug-likeness (QED) is 0.767. The van der Waals surface area contributed by atoms with Crippen molar-refractivity contribution >= 4 is 5.91 Å². The Morgan fingerprint density at radius 1 is 1.33 bits per heavy atom. The predicted molar refractivity (Wildman–Crippen MR) is 78.3 cm³/mol. The fraction of sp³-hybridized carbons (Fsp3) is 0.400. The van der Waals surface area contributed by atoms with Crippen LogP contribution in [-0.2, 0) is 11.3 Å². The molecule has 0 aliphatic heterocycles. The van der Waals surface area contributed by atoms with E-state index in [1.54, 1.807) is 11.0 Å². The number of hydrogen-bond acceptors (Lipinski definition) is 4. The van der Waals surface area contributed by atoms with Crippen LogP contribution in [0.4, 0.5) is 0 Å². The molecule has 0 bridgehead atoms. The van der Waals surface area contributed by atoms with Gasteiger partial charge in [0.1, 0.15) is 12.7 Å². The molecule has 2 aromatic rings. The Morgan fingerprint density at radius 3 is 2.81 bits per heavy atom. The molecule has 0 aliphatic carbocycles. The van der Waals surface area contributed by atoms with Gasteiger partial charge >= 0.3 is 0 Å². The molecule has 112 valence electrons. The molecule has 21 heavy (non-hydrogen) atoms. The van der Waals surface area contributed by atoms with E-state index in [2.05, 4.69) is 15.4 Å². The maximum absolute atomic E-state index is 12.0. The van der Waals surface area contributed by atoms with E-state index in [-0.39, 0.29) is 18.6 Å². The van der Waals surface area contributed by atoms with Gasteiger partial charge in [0.15, 0.2) is 0 Å². The lowest BCUT2D eigenvalue weighted by molar-refractivity contribution is -0.122. The fourth-order valence-corrected chi connectivity index (χ4v) is 2.15. The Hall–Kier alpha value is -2.21. The number of rotatable bonds is 8. The molecule has 0 saturated carbocycles. The average Bonchev–Trinajstić information content (AvgIpc) is 3.01. The first-order chi connectivity index (χ1) is 10.3. The van der Waals surface area contributed by atoms with Crippen molar-refractivity contribution in [3.63, 3.8) is 0 Å². The highest BCUT2D eigenvalue weighted by atomic mass is 16.3. The van der Waals surface area contributed by atoms with Crippen LogP contribution in [0.1, 0.15) is 30.9 Å². The summed E-state index contributed by atoms with van der Waals surface area (Å²) >= 11 is 0. The molecule has 1 amide bonds. The SMILES string of the molecule is O=C(CCCn1cncn1)NC(CCO)c1ccccc1. The zero-order valence-corrected chi connectivity index (χ0v) is 11.9. The number of amides is 1. The highest BCUT2D eigenvalue weighted by Crippen LogP contribution is 2.16. The molecule has 0 radical (unpaired) electrons. The minimum absolute atomic E-state index is 0.0163. The Labute approximate surface area is 123 Å². The van der Waals surface area contributed by atoms with E-state index in [9.17, 15) is 4.79 Å². The van der Waals surface area contributed by atoms with Crippen LogP contribution < -0.4 is 5.32 Å². The number of nitrogens with zero attached hydrogens (tertiary/aromatic N) is 3. The summed E-state index contributed by atoms with van der Waals surface area (Å²) in [4.78, 5) is 15.8. The van der Waals surface area contributed by atoms with E-state index in [4.69, 9.17) is 5.11 Å². The molecule has 0 saturated heterocycles. The minimum Gasteiger partial charge on any atom is -0.396 e. The highest BCUT2D eigenvalue weighted by molar-refractivity contribution is 5.76. The van der Waals surface area contributed by atoms with Crippen LogP contribution in [0.15, 0.2) is 43.0 Å². The number of carbonyl (C=O) groups excluding carboxylic acids is 1. The molecule has 2 rings (SSSR count). The first-order valence-electron chi connectivity index (χ1n) is 7.07. The van der Waals surface area contributed by atoms with E-state index >= 15 is 0 Å². The maximum atomic E-state index is 12.0. The van der Waals surface area contributed by atoms with Crippen LogP contribution >= 0.6 is 0 Å². The third-order valence-corrected chi connectivity index (χ3v) is 3.21. The van der Waals surface area contributed by atoms with Crippen LogP contribution in [0, 0.1) is 0 Å². The molecular weight excluding hydrogens is 268 g/mol. The zero-order chi connectivity index (χ0) is 14.9. The first-order valence-corrected chi connectivity index (χ1v) is 7.07. The molecule has 1 aromatic carbocycles. The van der Waals surface area contributed by atoms with Crippen molar-refractivity contribution in [3.8, 4) is 0 Å². The third-order valence-electron chi connectivity index (χ3n) is 3.21. The monoisotopic (exact) mass is 288 g/mol. The van der Waals surface area contributed by atoms with Gasteiger partial charge in [0, 0.05) is 19.6 Å². The van der Waals surface area contributed by atoms with Gasteiger partial charge in [0.05, 0.1) is 6.04 Å². The average molecular weight is 288 g/mol. The number of aryl methyl sites for hydroxylation is 1. The number of aromatic nitrogens is 3. The van der Waals surface area contributed by atoms with E-state index in [0.29, 0.717) is 25.8 Å². The van der Waals surface area contributed by atoms with Crippen LogP contribution in [0.5, 0.6) is 0 Å². The lowest BCUT2D eigenvalue weighted by Gasteiger charge is -2.18.